The molecule has 0 bridgehead atoms. The van der Waals surface area contributed by atoms with Gasteiger partial charge >= 0.3 is 0 Å². The summed E-state index contributed by atoms with van der Waals surface area (Å²) >= 11 is 6.75. The van der Waals surface area contributed by atoms with Crippen LogP contribution in [0.15, 0.2) is 30.3 Å². The van der Waals surface area contributed by atoms with E-state index in [-0.39, 0.29) is 18.9 Å². The standard InChI is InChI=1S/C24H29ClO5/c1-3-14-4-6-15(7-5-14)8-16-9-17(21-13(2)12-29-24(21)22(16)25)19-10-18(27)23(28)20(11-26)30-19/h4-7,9,13,18-20,23,26-28H,3,8,10-12H2,1-2H3/t13?,18?,19?,20?,23-/m0/s1. The van der Waals surface area contributed by atoms with E-state index >= 15 is 0 Å². The lowest BCUT2D eigenvalue weighted by atomic mass is 9.86. The monoisotopic (exact) mass is 432 g/mol. The van der Waals surface area contributed by atoms with Crippen LogP contribution in [0.3, 0.4) is 0 Å². The van der Waals surface area contributed by atoms with E-state index in [0.29, 0.717) is 23.8 Å². The Morgan fingerprint density at radius 3 is 2.50 bits per heavy atom. The van der Waals surface area contributed by atoms with Crippen LogP contribution in [0, 0.1) is 0 Å². The number of benzene rings is 2. The molecule has 0 aromatic heterocycles. The summed E-state index contributed by atoms with van der Waals surface area (Å²) in [4.78, 5) is 0. The highest BCUT2D eigenvalue weighted by Crippen LogP contribution is 2.48. The van der Waals surface area contributed by atoms with E-state index in [1.165, 1.54) is 5.56 Å². The van der Waals surface area contributed by atoms with E-state index in [1.807, 2.05) is 6.07 Å². The van der Waals surface area contributed by atoms with Gasteiger partial charge in [-0.2, -0.15) is 0 Å². The summed E-state index contributed by atoms with van der Waals surface area (Å²) in [6, 6.07) is 10.5. The number of halogens is 1. The summed E-state index contributed by atoms with van der Waals surface area (Å²) in [6.45, 7) is 4.39. The Morgan fingerprint density at radius 2 is 1.83 bits per heavy atom. The van der Waals surface area contributed by atoms with Crippen LogP contribution < -0.4 is 4.74 Å². The number of hydrogen-bond donors (Lipinski definition) is 3. The molecular weight excluding hydrogens is 404 g/mol. The SMILES string of the molecule is CCc1ccc(Cc2cc(C3CC(O)[C@H](O)C(CO)O3)c3c(c2Cl)OCC3C)cc1. The zero-order valence-electron chi connectivity index (χ0n) is 17.3. The van der Waals surface area contributed by atoms with Crippen LogP contribution in [0.4, 0.5) is 0 Å². The van der Waals surface area contributed by atoms with Crippen LogP contribution in [0.1, 0.15) is 60.1 Å². The van der Waals surface area contributed by atoms with Gasteiger partial charge in [-0.15, -0.1) is 0 Å². The van der Waals surface area contributed by atoms with Gasteiger partial charge in [0.25, 0.3) is 0 Å². The van der Waals surface area contributed by atoms with Gasteiger partial charge < -0.3 is 24.8 Å². The molecule has 2 aliphatic rings. The predicted molar refractivity (Wildman–Crippen MR) is 115 cm³/mol. The Bertz CT molecular complexity index is 897. The molecule has 5 atom stereocenters. The molecule has 4 rings (SSSR count). The highest BCUT2D eigenvalue weighted by molar-refractivity contribution is 6.33. The van der Waals surface area contributed by atoms with Crippen molar-refractivity contribution < 1.29 is 24.8 Å². The summed E-state index contributed by atoms with van der Waals surface area (Å²) < 4.78 is 11.9. The van der Waals surface area contributed by atoms with Crippen molar-refractivity contribution in [1.82, 2.24) is 0 Å². The van der Waals surface area contributed by atoms with Crippen molar-refractivity contribution in [2.45, 2.75) is 63.4 Å². The minimum Gasteiger partial charge on any atom is -0.491 e. The molecule has 2 aromatic rings. The van der Waals surface area contributed by atoms with Crippen molar-refractivity contribution in [2.75, 3.05) is 13.2 Å². The normalized spacial score (nSPS) is 28.3. The molecule has 4 unspecified atom stereocenters. The second-order valence-electron chi connectivity index (χ2n) is 8.38. The Labute approximate surface area is 182 Å². The summed E-state index contributed by atoms with van der Waals surface area (Å²) in [6.07, 6.45) is -1.43. The molecule has 30 heavy (non-hydrogen) atoms. The van der Waals surface area contributed by atoms with Gasteiger partial charge in [0, 0.05) is 17.9 Å². The number of aliphatic hydroxyl groups excluding tert-OH is 3. The van der Waals surface area contributed by atoms with Gasteiger partial charge in [0.05, 0.1) is 30.4 Å². The van der Waals surface area contributed by atoms with Crippen LogP contribution in [-0.4, -0.2) is 46.8 Å². The first-order valence-electron chi connectivity index (χ1n) is 10.6. The van der Waals surface area contributed by atoms with Crippen molar-refractivity contribution >= 4 is 11.6 Å². The molecule has 1 saturated heterocycles. The minimum atomic E-state index is -1.10. The molecule has 2 aliphatic heterocycles. The average molecular weight is 433 g/mol. The first-order valence-corrected chi connectivity index (χ1v) is 11.0. The molecule has 2 aromatic carbocycles. The zero-order chi connectivity index (χ0) is 21.4. The van der Waals surface area contributed by atoms with Crippen molar-refractivity contribution in [3.63, 3.8) is 0 Å². The Hall–Kier alpha value is -1.63. The first kappa shape index (κ1) is 21.6. The number of ether oxygens (including phenoxy) is 2. The van der Waals surface area contributed by atoms with Gasteiger partial charge in [0.1, 0.15) is 18.0 Å². The molecule has 0 amide bonds. The third-order valence-electron chi connectivity index (χ3n) is 6.26. The summed E-state index contributed by atoms with van der Waals surface area (Å²) in [5.74, 6) is 0.831. The lowest BCUT2D eigenvalue weighted by Crippen LogP contribution is -2.47. The maximum absolute atomic E-state index is 10.3. The van der Waals surface area contributed by atoms with Crippen LogP contribution in [0.2, 0.25) is 5.02 Å². The minimum absolute atomic E-state index is 0.144. The van der Waals surface area contributed by atoms with Gasteiger partial charge in [-0.25, -0.2) is 0 Å². The maximum Gasteiger partial charge on any atom is 0.142 e. The Balaban J connectivity index is 1.72. The maximum atomic E-state index is 10.3. The van der Waals surface area contributed by atoms with E-state index in [4.69, 9.17) is 21.1 Å². The topological polar surface area (TPSA) is 79.2 Å². The van der Waals surface area contributed by atoms with Crippen molar-refractivity contribution in [2.24, 2.45) is 0 Å². The highest BCUT2D eigenvalue weighted by atomic mass is 35.5. The van der Waals surface area contributed by atoms with E-state index < -0.39 is 24.4 Å². The third-order valence-corrected chi connectivity index (χ3v) is 6.67. The van der Waals surface area contributed by atoms with Crippen LogP contribution >= 0.6 is 11.6 Å². The lowest BCUT2D eigenvalue weighted by Gasteiger charge is -2.37. The summed E-state index contributed by atoms with van der Waals surface area (Å²) in [7, 11) is 0. The number of aryl methyl sites for hydroxylation is 1. The fourth-order valence-corrected chi connectivity index (χ4v) is 4.76. The molecule has 2 heterocycles. The Morgan fingerprint density at radius 1 is 1.13 bits per heavy atom. The quantitative estimate of drug-likeness (QED) is 0.673. The van der Waals surface area contributed by atoms with Gasteiger partial charge in [-0.05, 0) is 35.1 Å². The van der Waals surface area contributed by atoms with E-state index in [9.17, 15) is 15.3 Å². The number of aliphatic hydroxyl groups is 3. The van der Waals surface area contributed by atoms with Crippen LogP contribution in [0.5, 0.6) is 5.75 Å². The molecule has 6 heteroatoms. The lowest BCUT2D eigenvalue weighted by molar-refractivity contribution is -0.181. The third kappa shape index (κ3) is 3.97. The molecule has 1 fully saturated rings. The predicted octanol–water partition coefficient (Wildman–Crippen LogP) is 3.53. The first-order chi connectivity index (χ1) is 14.4. The van der Waals surface area contributed by atoms with Crippen LogP contribution in [-0.2, 0) is 17.6 Å². The van der Waals surface area contributed by atoms with Crippen molar-refractivity contribution in [3.8, 4) is 5.75 Å². The van der Waals surface area contributed by atoms with Gasteiger partial charge in [-0.3, -0.25) is 0 Å². The smallest absolute Gasteiger partial charge is 0.142 e. The van der Waals surface area contributed by atoms with Crippen LogP contribution in [0.25, 0.3) is 0 Å². The molecular formula is C24H29ClO5. The largest absolute Gasteiger partial charge is 0.491 e. The zero-order valence-corrected chi connectivity index (χ0v) is 18.1. The molecule has 0 aliphatic carbocycles. The fraction of sp³-hybridized carbons (Fsp3) is 0.500. The summed E-state index contributed by atoms with van der Waals surface area (Å²) in [5, 5.41) is 30.6. The molecule has 0 spiro atoms. The van der Waals surface area contributed by atoms with Gasteiger partial charge in [0.15, 0.2) is 0 Å². The highest BCUT2D eigenvalue weighted by Gasteiger charge is 2.40. The molecule has 3 N–H and O–H groups in total. The second kappa shape index (κ2) is 8.85. The van der Waals surface area contributed by atoms with Crippen molar-refractivity contribution in [1.29, 1.82) is 0 Å². The van der Waals surface area contributed by atoms with E-state index in [1.54, 1.807) is 0 Å². The fourth-order valence-electron chi connectivity index (χ4n) is 4.48. The molecule has 5 nitrogen and oxygen atoms in total. The number of hydrogen-bond acceptors (Lipinski definition) is 5. The second-order valence-corrected chi connectivity index (χ2v) is 8.76. The van der Waals surface area contributed by atoms with E-state index in [0.717, 1.165) is 28.7 Å². The van der Waals surface area contributed by atoms with E-state index in [2.05, 4.69) is 38.1 Å². The molecule has 0 saturated carbocycles. The van der Waals surface area contributed by atoms with Crippen molar-refractivity contribution in [3.05, 3.63) is 63.2 Å². The Kier molecular flexibility index (Phi) is 6.37. The number of rotatable bonds is 5. The average Bonchev–Trinajstić information content (AvgIpc) is 3.14. The molecule has 0 radical (unpaired) electrons. The van der Waals surface area contributed by atoms with Gasteiger partial charge in [0.2, 0.25) is 0 Å². The van der Waals surface area contributed by atoms with Gasteiger partial charge in [-0.1, -0.05) is 55.8 Å². The number of fused-ring (bicyclic) bond motifs is 1. The molecule has 162 valence electrons. The summed E-state index contributed by atoms with van der Waals surface area (Å²) in [5.41, 5.74) is 5.29.